The van der Waals surface area contributed by atoms with Crippen LogP contribution in [0.25, 0.3) is 0 Å². The molecule has 3 nitrogen and oxygen atoms in total. The van der Waals surface area contributed by atoms with Gasteiger partial charge < -0.3 is 10.4 Å². The van der Waals surface area contributed by atoms with Gasteiger partial charge in [-0.3, -0.25) is 4.79 Å². The summed E-state index contributed by atoms with van der Waals surface area (Å²) in [7, 11) is 0. The number of hydrogen-bond acceptors (Lipinski definition) is 2. The topological polar surface area (TPSA) is 49.3 Å². The van der Waals surface area contributed by atoms with Gasteiger partial charge in [0.2, 0.25) is 0 Å². The van der Waals surface area contributed by atoms with Crippen LogP contribution in [0.2, 0.25) is 0 Å². The van der Waals surface area contributed by atoms with Crippen LogP contribution in [0.15, 0.2) is 11.1 Å². The number of carboxylic acids is 1. The Hall–Kier alpha value is -0.350. The zero-order valence-corrected chi connectivity index (χ0v) is 8.02. The molecule has 0 aromatic heterocycles. The highest BCUT2D eigenvalue weighted by molar-refractivity contribution is 9.11. The molecule has 0 radical (unpaired) electrons. The normalized spacial score (nSPS) is 12.5. The maximum absolute atomic E-state index is 10.2. The summed E-state index contributed by atoms with van der Waals surface area (Å²) in [6.45, 7) is 6.04. The van der Waals surface area contributed by atoms with Crippen LogP contribution in [0.1, 0.15) is 13.3 Å². The van der Waals surface area contributed by atoms with Crippen molar-refractivity contribution >= 4 is 21.9 Å². The van der Waals surface area contributed by atoms with E-state index < -0.39 is 5.97 Å². The molecule has 0 rings (SSSR count). The van der Waals surface area contributed by atoms with E-state index >= 15 is 0 Å². The van der Waals surface area contributed by atoms with Gasteiger partial charge in [-0.2, -0.15) is 0 Å². The van der Waals surface area contributed by atoms with Crippen molar-refractivity contribution in [2.45, 2.75) is 19.4 Å². The van der Waals surface area contributed by atoms with E-state index in [0.717, 1.165) is 4.48 Å². The summed E-state index contributed by atoms with van der Waals surface area (Å²) in [6, 6.07) is -0.0122. The Balaban J connectivity index is 3.44. The first-order valence-electron chi connectivity index (χ1n) is 3.31. The van der Waals surface area contributed by atoms with Gasteiger partial charge in [0.05, 0.1) is 6.42 Å². The van der Waals surface area contributed by atoms with E-state index in [4.69, 9.17) is 5.11 Å². The predicted octanol–water partition coefficient (Wildman–Crippen LogP) is 1.35. The highest BCUT2D eigenvalue weighted by Crippen LogP contribution is 1.99. The minimum Gasteiger partial charge on any atom is -0.481 e. The number of halogens is 1. The van der Waals surface area contributed by atoms with Crippen LogP contribution >= 0.6 is 15.9 Å². The quantitative estimate of drug-likeness (QED) is 0.738. The van der Waals surface area contributed by atoms with Crippen LogP contribution in [-0.2, 0) is 4.79 Å². The average Bonchev–Trinajstić information content (AvgIpc) is 1.82. The molecule has 2 N–H and O–H groups in total. The molecule has 0 aromatic rings. The Labute approximate surface area is 74.6 Å². The van der Waals surface area contributed by atoms with E-state index in [9.17, 15) is 4.79 Å². The minimum absolute atomic E-state index is 0.0122. The van der Waals surface area contributed by atoms with Crippen molar-refractivity contribution in [3.63, 3.8) is 0 Å². The summed E-state index contributed by atoms with van der Waals surface area (Å²) in [4.78, 5) is 10.2. The largest absolute Gasteiger partial charge is 0.481 e. The lowest BCUT2D eigenvalue weighted by atomic mass is 10.2. The van der Waals surface area contributed by atoms with E-state index in [0.29, 0.717) is 6.54 Å². The lowest BCUT2D eigenvalue weighted by Crippen LogP contribution is -2.29. The Bertz CT molecular complexity index is 159. The summed E-state index contributed by atoms with van der Waals surface area (Å²) >= 11 is 3.16. The molecular weight excluding hydrogens is 210 g/mol. The third-order valence-corrected chi connectivity index (χ3v) is 1.40. The zero-order valence-electron chi connectivity index (χ0n) is 6.43. The van der Waals surface area contributed by atoms with Gasteiger partial charge in [-0.15, -0.1) is 0 Å². The van der Waals surface area contributed by atoms with E-state index in [1.165, 1.54) is 0 Å². The first-order chi connectivity index (χ1) is 5.02. The lowest BCUT2D eigenvalue weighted by molar-refractivity contribution is -0.137. The number of carboxylic acid groups (broad SMARTS) is 1. The van der Waals surface area contributed by atoms with Crippen molar-refractivity contribution in [2.24, 2.45) is 0 Å². The summed E-state index contributed by atoms with van der Waals surface area (Å²) < 4.78 is 0.828. The molecule has 0 aliphatic carbocycles. The minimum atomic E-state index is -0.787. The maximum Gasteiger partial charge on any atom is 0.304 e. The fourth-order valence-corrected chi connectivity index (χ4v) is 0.781. The fourth-order valence-electron chi connectivity index (χ4n) is 0.619. The van der Waals surface area contributed by atoms with Gasteiger partial charge >= 0.3 is 5.97 Å². The molecule has 0 fully saturated rings. The lowest BCUT2D eigenvalue weighted by Gasteiger charge is -2.09. The standard InChI is InChI=1S/C7H12BrNO2/c1-5(8)4-9-6(2)3-7(10)11/h6,9H,1,3-4H2,2H3,(H,10,11). The highest BCUT2D eigenvalue weighted by Gasteiger charge is 2.05. The second-order valence-corrected chi connectivity index (χ2v) is 3.52. The number of hydrogen-bond donors (Lipinski definition) is 2. The molecule has 0 aromatic carbocycles. The van der Waals surface area contributed by atoms with E-state index in [1.807, 2.05) is 6.92 Å². The summed E-state index contributed by atoms with van der Waals surface area (Å²) in [5.41, 5.74) is 0. The molecule has 0 heterocycles. The van der Waals surface area contributed by atoms with Gasteiger partial charge in [0, 0.05) is 17.1 Å². The summed E-state index contributed by atoms with van der Waals surface area (Å²) in [5, 5.41) is 11.4. The van der Waals surface area contributed by atoms with Crippen LogP contribution in [0, 0.1) is 0 Å². The zero-order chi connectivity index (χ0) is 8.85. The summed E-state index contributed by atoms with van der Waals surface area (Å²) in [5.74, 6) is -0.787. The number of nitrogens with one attached hydrogen (secondary N) is 1. The Kier molecular flexibility index (Phi) is 5.15. The molecule has 0 spiro atoms. The van der Waals surface area contributed by atoms with Crippen molar-refractivity contribution < 1.29 is 9.90 Å². The van der Waals surface area contributed by atoms with Gasteiger partial charge in [-0.1, -0.05) is 22.5 Å². The Morgan fingerprint density at radius 2 is 2.36 bits per heavy atom. The van der Waals surface area contributed by atoms with Gasteiger partial charge in [0.1, 0.15) is 0 Å². The average molecular weight is 222 g/mol. The molecule has 0 aliphatic rings. The van der Waals surface area contributed by atoms with Gasteiger partial charge in [-0.25, -0.2) is 0 Å². The highest BCUT2D eigenvalue weighted by atomic mass is 79.9. The number of carbonyl (C=O) groups is 1. The van der Waals surface area contributed by atoms with Crippen LogP contribution in [-0.4, -0.2) is 23.7 Å². The first kappa shape index (κ1) is 10.7. The Morgan fingerprint density at radius 3 is 2.73 bits per heavy atom. The number of aliphatic carboxylic acids is 1. The first-order valence-corrected chi connectivity index (χ1v) is 4.10. The molecule has 0 bridgehead atoms. The molecule has 0 saturated heterocycles. The third kappa shape index (κ3) is 7.55. The second-order valence-electron chi connectivity index (χ2n) is 2.40. The molecule has 0 amide bonds. The van der Waals surface area contributed by atoms with Crippen LogP contribution < -0.4 is 5.32 Å². The van der Waals surface area contributed by atoms with E-state index in [-0.39, 0.29) is 12.5 Å². The molecule has 1 unspecified atom stereocenters. The van der Waals surface area contributed by atoms with Crippen molar-refractivity contribution in [3.8, 4) is 0 Å². The molecule has 11 heavy (non-hydrogen) atoms. The molecule has 0 aliphatic heterocycles. The van der Waals surface area contributed by atoms with Gasteiger partial charge in [-0.05, 0) is 6.92 Å². The molecule has 0 saturated carbocycles. The van der Waals surface area contributed by atoms with Gasteiger partial charge in [0.15, 0.2) is 0 Å². The van der Waals surface area contributed by atoms with Crippen molar-refractivity contribution in [1.82, 2.24) is 5.32 Å². The second kappa shape index (κ2) is 5.32. The van der Waals surface area contributed by atoms with Crippen LogP contribution in [0.3, 0.4) is 0 Å². The SMILES string of the molecule is C=C(Br)CNC(C)CC(=O)O. The van der Waals surface area contributed by atoms with Crippen molar-refractivity contribution in [3.05, 3.63) is 11.1 Å². The van der Waals surface area contributed by atoms with Crippen LogP contribution in [0.5, 0.6) is 0 Å². The molecule has 4 heteroatoms. The van der Waals surface area contributed by atoms with E-state index in [1.54, 1.807) is 0 Å². The molecular formula is C7H12BrNO2. The summed E-state index contributed by atoms with van der Waals surface area (Å²) in [6.07, 6.45) is 0.139. The molecule has 64 valence electrons. The van der Waals surface area contributed by atoms with Crippen molar-refractivity contribution in [2.75, 3.05) is 6.54 Å². The Morgan fingerprint density at radius 1 is 1.82 bits per heavy atom. The fraction of sp³-hybridized carbons (Fsp3) is 0.571. The monoisotopic (exact) mass is 221 g/mol. The van der Waals surface area contributed by atoms with Crippen molar-refractivity contribution in [1.29, 1.82) is 0 Å². The third-order valence-electron chi connectivity index (χ3n) is 1.12. The molecule has 1 atom stereocenters. The smallest absolute Gasteiger partial charge is 0.304 e. The van der Waals surface area contributed by atoms with Crippen LogP contribution in [0.4, 0.5) is 0 Å². The van der Waals surface area contributed by atoms with Gasteiger partial charge in [0.25, 0.3) is 0 Å². The van der Waals surface area contributed by atoms with E-state index in [2.05, 4.69) is 27.8 Å². The maximum atomic E-state index is 10.2. The number of rotatable bonds is 5. The predicted molar refractivity (Wildman–Crippen MR) is 47.8 cm³/mol.